The molecule has 34 heavy (non-hydrogen) atoms. The first-order valence-electron chi connectivity index (χ1n) is 11.7. The molecule has 0 radical (unpaired) electrons. The van der Waals surface area contributed by atoms with E-state index in [1.54, 1.807) is 18.5 Å². The van der Waals surface area contributed by atoms with Crippen molar-refractivity contribution >= 4 is 17.5 Å². The predicted molar refractivity (Wildman–Crippen MR) is 130 cm³/mol. The Hall–Kier alpha value is -3.81. The summed E-state index contributed by atoms with van der Waals surface area (Å²) < 4.78 is 13.1. The number of anilines is 1. The van der Waals surface area contributed by atoms with Gasteiger partial charge in [-0.2, -0.15) is 0 Å². The summed E-state index contributed by atoms with van der Waals surface area (Å²) in [6.45, 7) is 5.89. The van der Waals surface area contributed by atoms with E-state index in [0.717, 1.165) is 5.69 Å². The van der Waals surface area contributed by atoms with Crippen molar-refractivity contribution in [1.82, 2.24) is 14.5 Å². The molecule has 2 amide bonds. The molecule has 0 spiro atoms. The zero-order chi connectivity index (χ0) is 23.9. The van der Waals surface area contributed by atoms with Gasteiger partial charge in [0.05, 0.1) is 30.8 Å². The largest absolute Gasteiger partial charge is 0.494 e. The molecule has 1 fully saturated rings. The van der Waals surface area contributed by atoms with E-state index in [-0.39, 0.29) is 17.7 Å². The van der Waals surface area contributed by atoms with Crippen LogP contribution in [0, 0.1) is 5.92 Å². The van der Waals surface area contributed by atoms with Crippen LogP contribution in [0.4, 0.5) is 5.69 Å². The number of hydrogen-bond donors (Lipinski definition) is 1. The van der Waals surface area contributed by atoms with Crippen LogP contribution in [-0.2, 0) is 4.79 Å². The number of nitrogens with one attached hydrogen (secondary N) is 1. The fourth-order valence-electron chi connectivity index (χ4n) is 4.16. The van der Waals surface area contributed by atoms with Crippen LogP contribution in [0.3, 0.4) is 0 Å². The van der Waals surface area contributed by atoms with E-state index in [2.05, 4.69) is 10.3 Å². The summed E-state index contributed by atoms with van der Waals surface area (Å²) in [5, 5.41) is 3.01. The second-order valence-corrected chi connectivity index (χ2v) is 8.05. The maximum absolute atomic E-state index is 13.2. The summed E-state index contributed by atoms with van der Waals surface area (Å²) in [7, 11) is 0. The zero-order valence-electron chi connectivity index (χ0n) is 19.6. The van der Waals surface area contributed by atoms with Gasteiger partial charge in [0.2, 0.25) is 5.91 Å². The average molecular weight is 463 g/mol. The van der Waals surface area contributed by atoms with Crippen LogP contribution in [0.25, 0.3) is 5.69 Å². The van der Waals surface area contributed by atoms with Crippen LogP contribution in [0.15, 0.2) is 61.1 Å². The molecule has 0 atom stereocenters. The molecule has 3 heterocycles. The number of carbonyl (C=O) groups is 2. The van der Waals surface area contributed by atoms with Crippen molar-refractivity contribution in [2.24, 2.45) is 5.92 Å². The lowest BCUT2D eigenvalue weighted by atomic mass is 9.95. The van der Waals surface area contributed by atoms with Gasteiger partial charge in [0.25, 0.3) is 5.91 Å². The van der Waals surface area contributed by atoms with Gasteiger partial charge in [0.15, 0.2) is 0 Å². The number of carbonyl (C=O) groups excluding carboxylic acids is 2. The van der Waals surface area contributed by atoms with E-state index < -0.39 is 0 Å². The van der Waals surface area contributed by atoms with Crippen molar-refractivity contribution in [3.05, 3.63) is 66.7 Å². The lowest BCUT2D eigenvalue weighted by Gasteiger charge is -2.31. The molecule has 1 N–H and O–H groups in total. The molecule has 0 aliphatic carbocycles. The molecule has 4 rings (SSSR count). The van der Waals surface area contributed by atoms with E-state index in [4.69, 9.17) is 9.47 Å². The topological polar surface area (TPSA) is 85.7 Å². The smallest absolute Gasteiger partial charge is 0.270 e. The molecule has 2 aromatic heterocycles. The molecule has 1 aliphatic rings. The second kappa shape index (κ2) is 10.9. The third kappa shape index (κ3) is 5.22. The van der Waals surface area contributed by atoms with Crippen LogP contribution in [0.5, 0.6) is 11.5 Å². The van der Waals surface area contributed by atoms with E-state index in [0.29, 0.717) is 62.0 Å². The van der Waals surface area contributed by atoms with Crippen molar-refractivity contribution in [3.8, 4) is 17.2 Å². The number of hydrogen-bond acceptors (Lipinski definition) is 5. The second-order valence-electron chi connectivity index (χ2n) is 8.05. The van der Waals surface area contributed by atoms with Crippen molar-refractivity contribution in [1.29, 1.82) is 0 Å². The molecule has 3 aromatic rings. The number of pyridine rings is 1. The first-order valence-corrected chi connectivity index (χ1v) is 11.7. The summed E-state index contributed by atoms with van der Waals surface area (Å²) in [5.74, 6) is 0.997. The molecule has 0 saturated carbocycles. The number of likely N-dealkylation sites (tertiary alicyclic amines) is 1. The number of nitrogens with zero attached hydrogens (tertiary/aromatic N) is 3. The van der Waals surface area contributed by atoms with Gasteiger partial charge >= 0.3 is 0 Å². The number of aromatic nitrogens is 2. The standard InChI is InChI=1S/C26H30N4O4/c1-3-33-21-9-10-24(34-4-2)22(17-21)28-25(31)19-11-15-29(16-12-19)26(32)23-8-6-14-30(23)20-7-5-13-27-18-20/h5-10,13-14,17-19H,3-4,11-12,15-16H2,1-2H3,(H,28,31). The van der Waals surface area contributed by atoms with E-state index in [1.807, 2.05) is 65.9 Å². The Morgan fingerprint density at radius 1 is 1.06 bits per heavy atom. The predicted octanol–water partition coefficient (Wildman–Crippen LogP) is 4.16. The maximum atomic E-state index is 13.2. The SMILES string of the molecule is CCOc1ccc(OCC)c(NC(=O)C2CCN(C(=O)c3cccn3-c3cccnc3)CC2)c1. The molecule has 8 nitrogen and oxygen atoms in total. The Labute approximate surface area is 199 Å². The molecular formula is C26H30N4O4. The molecule has 1 aliphatic heterocycles. The van der Waals surface area contributed by atoms with Crippen molar-refractivity contribution in [2.45, 2.75) is 26.7 Å². The highest BCUT2D eigenvalue weighted by Gasteiger charge is 2.29. The number of amides is 2. The molecule has 1 saturated heterocycles. The van der Waals surface area contributed by atoms with Crippen LogP contribution in [0.2, 0.25) is 0 Å². The van der Waals surface area contributed by atoms with Gasteiger partial charge in [-0.1, -0.05) is 0 Å². The highest BCUT2D eigenvalue weighted by atomic mass is 16.5. The molecule has 0 bridgehead atoms. The highest BCUT2D eigenvalue weighted by Crippen LogP contribution is 2.31. The van der Waals surface area contributed by atoms with Crippen LogP contribution >= 0.6 is 0 Å². The molecule has 0 unspecified atom stereocenters. The van der Waals surface area contributed by atoms with E-state index >= 15 is 0 Å². The zero-order valence-corrected chi connectivity index (χ0v) is 19.6. The Balaban J connectivity index is 1.39. The minimum Gasteiger partial charge on any atom is -0.494 e. The van der Waals surface area contributed by atoms with Gasteiger partial charge in [-0.25, -0.2) is 0 Å². The third-order valence-corrected chi connectivity index (χ3v) is 5.86. The molecule has 1 aromatic carbocycles. The summed E-state index contributed by atoms with van der Waals surface area (Å²) in [4.78, 5) is 32.2. The third-order valence-electron chi connectivity index (χ3n) is 5.86. The van der Waals surface area contributed by atoms with Crippen molar-refractivity contribution < 1.29 is 19.1 Å². The summed E-state index contributed by atoms with van der Waals surface area (Å²) >= 11 is 0. The van der Waals surface area contributed by atoms with Gasteiger partial charge in [0, 0.05) is 37.5 Å². The Kier molecular flexibility index (Phi) is 7.47. The monoisotopic (exact) mass is 462 g/mol. The lowest BCUT2D eigenvalue weighted by Crippen LogP contribution is -2.42. The normalized spacial score (nSPS) is 14.0. The number of piperidine rings is 1. The first kappa shape index (κ1) is 23.4. The van der Waals surface area contributed by atoms with Gasteiger partial charge in [0.1, 0.15) is 17.2 Å². The molecular weight excluding hydrogens is 432 g/mol. The van der Waals surface area contributed by atoms with Gasteiger partial charge in [-0.3, -0.25) is 14.6 Å². The maximum Gasteiger partial charge on any atom is 0.270 e. The van der Waals surface area contributed by atoms with Gasteiger partial charge < -0.3 is 24.3 Å². The van der Waals surface area contributed by atoms with Crippen LogP contribution < -0.4 is 14.8 Å². The molecule has 8 heteroatoms. The summed E-state index contributed by atoms with van der Waals surface area (Å²) in [6, 6.07) is 12.9. The minimum absolute atomic E-state index is 0.0456. The average Bonchev–Trinajstić information content (AvgIpc) is 3.36. The van der Waals surface area contributed by atoms with Crippen LogP contribution in [-0.4, -0.2) is 52.6 Å². The van der Waals surface area contributed by atoms with Gasteiger partial charge in [-0.05, 0) is 63.1 Å². The lowest BCUT2D eigenvalue weighted by molar-refractivity contribution is -0.121. The minimum atomic E-state index is -0.181. The van der Waals surface area contributed by atoms with Crippen molar-refractivity contribution in [3.63, 3.8) is 0 Å². The first-order chi connectivity index (χ1) is 16.6. The summed E-state index contributed by atoms with van der Waals surface area (Å²) in [5.41, 5.74) is 2.03. The van der Waals surface area contributed by atoms with E-state index in [9.17, 15) is 9.59 Å². The Morgan fingerprint density at radius 3 is 2.56 bits per heavy atom. The number of benzene rings is 1. The highest BCUT2D eigenvalue weighted by molar-refractivity contribution is 5.95. The quantitative estimate of drug-likeness (QED) is 0.543. The van der Waals surface area contributed by atoms with E-state index in [1.165, 1.54) is 0 Å². The molecule has 178 valence electrons. The fraction of sp³-hybridized carbons (Fsp3) is 0.346. The Bertz CT molecular complexity index is 1120. The number of ether oxygens (including phenoxy) is 2. The number of rotatable bonds is 8. The van der Waals surface area contributed by atoms with Gasteiger partial charge in [-0.15, -0.1) is 0 Å². The Morgan fingerprint density at radius 2 is 1.85 bits per heavy atom. The van der Waals surface area contributed by atoms with Crippen molar-refractivity contribution in [2.75, 3.05) is 31.6 Å². The van der Waals surface area contributed by atoms with Crippen LogP contribution in [0.1, 0.15) is 37.2 Å². The summed E-state index contributed by atoms with van der Waals surface area (Å²) in [6.07, 6.45) is 6.48. The fourth-order valence-corrected chi connectivity index (χ4v) is 4.16.